The van der Waals surface area contributed by atoms with E-state index in [-0.39, 0.29) is 31.4 Å². The van der Waals surface area contributed by atoms with Gasteiger partial charge >= 0.3 is 12.2 Å². The van der Waals surface area contributed by atoms with Crippen LogP contribution in [0.2, 0.25) is 0 Å². The minimum absolute atomic E-state index is 0.153. The number of ether oxygens (including phenoxy) is 3. The molecule has 1 saturated heterocycles. The van der Waals surface area contributed by atoms with Crippen LogP contribution < -0.4 is 10.1 Å². The van der Waals surface area contributed by atoms with E-state index in [0.29, 0.717) is 50.7 Å². The molecule has 1 fully saturated rings. The lowest BCUT2D eigenvalue weighted by molar-refractivity contribution is 0.0191. The second-order valence-electron chi connectivity index (χ2n) is 8.86. The number of carbonyl (C=O) groups is 2. The van der Waals surface area contributed by atoms with Gasteiger partial charge in [-0.1, -0.05) is 30.3 Å². The Balaban J connectivity index is 0.00000170. The fourth-order valence-electron chi connectivity index (χ4n) is 4.02. The van der Waals surface area contributed by atoms with Gasteiger partial charge in [0.2, 0.25) is 5.88 Å². The summed E-state index contributed by atoms with van der Waals surface area (Å²) >= 11 is 0. The maximum Gasteiger partial charge on any atom is 0.411 e. The van der Waals surface area contributed by atoms with Gasteiger partial charge in [-0.25, -0.2) is 14.6 Å². The molecule has 0 unspecified atom stereocenters. The molecule has 11 heteroatoms. The van der Waals surface area contributed by atoms with Crippen LogP contribution in [0.5, 0.6) is 5.88 Å². The number of nitriles is 2. The summed E-state index contributed by atoms with van der Waals surface area (Å²) in [5.41, 5.74) is 1.46. The molecular formula is C28H36N6O5. The average Bonchev–Trinajstić information content (AvgIpc) is 2.93. The SMILES string of the molecule is CC#N.C[C@@H]1CN(C(=O)OCc2ccccc2)C[C@H](C)N1CCOc1ccc(NC(=O)OCCCC#N)cn1. The molecule has 0 spiro atoms. The normalized spacial score (nSPS) is 16.5. The van der Waals surface area contributed by atoms with E-state index >= 15 is 0 Å². The highest BCUT2D eigenvalue weighted by molar-refractivity contribution is 5.84. The van der Waals surface area contributed by atoms with Gasteiger partial charge in [-0.15, -0.1) is 0 Å². The number of aromatic nitrogens is 1. The third-order valence-corrected chi connectivity index (χ3v) is 5.81. The number of nitrogens with zero attached hydrogens (tertiary/aromatic N) is 5. The van der Waals surface area contributed by atoms with Gasteiger partial charge in [0.15, 0.2) is 0 Å². The monoisotopic (exact) mass is 536 g/mol. The number of unbranched alkanes of at least 4 members (excludes halogenated alkanes) is 1. The molecule has 1 aliphatic heterocycles. The minimum atomic E-state index is -0.588. The van der Waals surface area contributed by atoms with Gasteiger partial charge in [0.1, 0.15) is 13.2 Å². The van der Waals surface area contributed by atoms with E-state index < -0.39 is 6.09 Å². The molecule has 208 valence electrons. The Bertz CT molecular complexity index is 1090. The molecule has 0 radical (unpaired) electrons. The number of nitrogens with one attached hydrogen (secondary N) is 1. The number of benzene rings is 1. The highest BCUT2D eigenvalue weighted by atomic mass is 16.6. The molecule has 2 heterocycles. The zero-order valence-electron chi connectivity index (χ0n) is 22.7. The summed E-state index contributed by atoms with van der Waals surface area (Å²) in [6, 6.07) is 17.1. The molecular weight excluding hydrogens is 500 g/mol. The Labute approximate surface area is 229 Å². The molecule has 3 rings (SSSR count). The number of pyridine rings is 1. The van der Waals surface area contributed by atoms with Crippen molar-refractivity contribution in [3.05, 3.63) is 54.2 Å². The first-order valence-corrected chi connectivity index (χ1v) is 12.8. The van der Waals surface area contributed by atoms with Gasteiger partial charge in [0.05, 0.1) is 30.6 Å². The highest BCUT2D eigenvalue weighted by Gasteiger charge is 2.32. The van der Waals surface area contributed by atoms with Crippen molar-refractivity contribution in [3.8, 4) is 18.0 Å². The maximum absolute atomic E-state index is 12.5. The molecule has 2 amide bonds. The first-order chi connectivity index (χ1) is 18.9. The third kappa shape index (κ3) is 11.3. The molecule has 11 nitrogen and oxygen atoms in total. The zero-order chi connectivity index (χ0) is 28.5. The van der Waals surface area contributed by atoms with Gasteiger partial charge in [-0.2, -0.15) is 10.5 Å². The summed E-state index contributed by atoms with van der Waals surface area (Å²) in [5.74, 6) is 0.450. The van der Waals surface area contributed by atoms with Crippen molar-refractivity contribution in [1.29, 1.82) is 10.5 Å². The van der Waals surface area contributed by atoms with Crippen LogP contribution in [-0.4, -0.2) is 71.9 Å². The topological polar surface area (TPSA) is 141 Å². The number of rotatable bonds is 10. The molecule has 39 heavy (non-hydrogen) atoms. The number of piperazine rings is 1. The third-order valence-electron chi connectivity index (χ3n) is 5.81. The predicted molar refractivity (Wildman–Crippen MR) is 145 cm³/mol. The second-order valence-corrected chi connectivity index (χ2v) is 8.86. The Morgan fingerprint density at radius 1 is 1.05 bits per heavy atom. The van der Waals surface area contributed by atoms with Gasteiger partial charge in [0.25, 0.3) is 0 Å². The summed E-state index contributed by atoms with van der Waals surface area (Å²) in [7, 11) is 0. The van der Waals surface area contributed by atoms with Crippen molar-refractivity contribution in [2.24, 2.45) is 0 Å². The van der Waals surface area contributed by atoms with Crippen LogP contribution in [0.25, 0.3) is 0 Å². The predicted octanol–water partition coefficient (Wildman–Crippen LogP) is 4.57. The Morgan fingerprint density at radius 3 is 2.36 bits per heavy atom. The summed E-state index contributed by atoms with van der Waals surface area (Å²) in [6.45, 7) is 8.36. The second kappa shape index (κ2) is 17.2. The van der Waals surface area contributed by atoms with E-state index in [1.807, 2.05) is 36.4 Å². The van der Waals surface area contributed by atoms with Crippen molar-refractivity contribution >= 4 is 17.9 Å². The van der Waals surface area contributed by atoms with Crippen LogP contribution in [0, 0.1) is 22.7 Å². The largest absolute Gasteiger partial charge is 0.476 e. The fraction of sp³-hybridized carbons (Fsp3) is 0.464. The van der Waals surface area contributed by atoms with Crippen molar-refractivity contribution in [2.45, 2.75) is 52.3 Å². The quantitative estimate of drug-likeness (QED) is 0.432. The Morgan fingerprint density at radius 2 is 1.74 bits per heavy atom. The lowest BCUT2D eigenvalue weighted by Gasteiger charge is -2.43. The van der Waals surface area contributed by atoms with Crippen LogP contribution in [0.1, 0.15) is 39.2 Å². The molecule has 0 aliphatic carbocycles. The molecule has 1 aliphatic rings. The van der Waals surface area contributed by atoms with Gasteiger partial charge in [0, 0.05) is 51.1 Å². The lowest BCUT2D eigenvalue weighted by atomic mass is 10.1. The van der Waals surface area contributed by atoms with Gasteiger partial charge in [-0.3, -0.25) is 10.2 Å². The molecule has 0 saturated carbocycles. The highest BCUT2D eigenvalue weighted by Crippen LogP contribution is 2.18. The number of anilines is 1. The van der Waals surface area contributed by atoms with Crippen LogP contribution in [0.15, 0.2) is 48.7 Å². The Hall–Kier alpha value is -4.35. The zero-order valence-corrected chi connectivity index (χ0v) is 22.7. The van der Waals surface area contributed by atoms with Crippen molar-refractivity contribution < 1.29 is 23.8 Å². The summed E-state index contributed by atoms with van der Waals surface area (Å²) < 4.78 is 16.3. The average molecular weight is 537 g/mol. The van der Waals surface area contributed by atoms with E-state index in [1.165, 1.54) is 13.1 Å². The maximum atomic E-state index is 12.5. The first kappa shape index (κ1) is 30.9. The number of carbonyl (C=O) groups excluding carboxylic acids is 2. The smallest absolute Gasteiger partial charge is 0.411 e. The molecule has 2 aromatic rings. The van der Waals surface area contributed by atoms with E-state index in [1.54, 1.807) is 23.1 Å². The molecule has 1 aromatic heterocycles. The number of hydrogen-bond donors (Lipinski definition) is 1. The molecule has 0 bridgehead atoms. The van der Waals surface area contributed by atoms with E-state index in [9.17, 15) is 9.59 Å². The fourth-order valence-corrected chi connectivity index (χ4v) is 4.02. The van der Waals surface area contributed by atoms with Crippen LogP contribution in [-0.2, 0) is 16.1 Å². The molecule has 1 N–H and O–H groups in total. The summed E-state index contributed by atoms with van der Waals surface area (Å²) in [4.78, 5) is 32.6. The van der Waals surface area contributed by atoms with E-state index in [4.69, 9.17) is 24.7 Å². The summed E-state index contributed by atoms with van der Waals surface area (Å²) in [5, 5.41) is 18.4. The number of hydrogen-bond acceptors (Lipinski definition) is 9. The van der Waals surface area contributed by atoms with Crippen LogP contribution >= 0.6 is 0 Å². The molecule has 1 aromatic carbocycles. The van der Waals surface area contributed by atoms with E-state index in [0.717, 1.165) is 5.56 Å². The van der Waals surface area contributed by atoms with Crippen LogP contribution in [0.4, 0.5) is 15.3 Å². The van der Waals surface area contributed by atoms with E-state index in [2.05, 4.69) is 29.0 Å². The standard InChI is InChI=1S/C26H33N5O5.C2H3N/c1-20-17-30(26(33)36-19-22-8-4-3-5-9-22)18-21(2)31(20)13-15-34-24-11-10-23(16-28-24)29-25(32)35-14-7-6-12-27;1-2-3/h3-5,8-11,16,20-21H,6-7,13-15,17-19H2,1-2H3,(H,29,32);1H3/t20-,21+;. The lowest BCUT2D eigenvalue weighted by Crippen LogP contribution is -2.58. The molecule has 2 atom stereocenters. The van der Waals surface area contributed by atoms with Crippen molar-refractivity contribution in [1.82, 2.24) is 14.8 Å². The summed E-state index contributed by atoms with van der Waals surface area (Å²) in [6.07, 6.45) is 1.46. The minimum Gasteiger partial charge on any atom is -0.476 e. The van der Waals surface area contributed by atoms with Gasteiger partial charge < -0.3 is 19.1 Å². The first-order valence-electron chi connectivity index (χ1n) is 12.8. The van der Waals surface area contributed by atoms with Crippen molar-refractivity contribution in [3.63, 3.8) is 0 Å². The number of amides is 2. The van der Waals surface area contributed by atoms with Gasteiger partial charge in [-0.05, 0) is 31.9 Å². The van der Waals surface area contributed by atoms with Crippen LogP contribution in [0.3, 0.4) is 0 Å². The Kier molecular flexibility index (Phi) is 13.6. The van der Waals surface area contributed by atoms with Crippen molar-refractivity contribution in [2.75, 3.05) is 38.2 Å².